The predicted octanol–water partition coefficient (Wildman–Crippen LogP) is -0.254. The minimum Gasteiger partial charge on any atom is -0.480 e. The Morgan fingerprint density at radius 3 is 1.60 bits per heavy atom. The van der Waals surface area contributed by atoms with E-state index in [1.54, 1.807) is 54.6 Å². The summed E-state index contributed by atoms with van der Waals surface area (Å²) in [7, 11) is 0. The van der Waals surface area contributed by atoms with E-state index in [1.165, 1.54) is 0 Å². The third-order valence-corrected chi connectivity index (χ3v) is 7.38. The average molecular weight is 668 g/mol. The summed E-state index contributed by atoms with van der Waals surface area (Å²) in [6.45, 7) is 3.28. The number of aliphatic carboxylic acids is 1. The van der Waals surface area contributed by atoms with Crippen LogP contribution >= 0.6 is 0 Å². The van der Waals surface area contributed by atoms with Crippen molar-refractivity contribution < 1.29 is 33.9 Å². The van der Waals surface area contributed by atoms with Crippen LogP contribution in [0.4, 0.5) is 0 Å². The molecular formula is C34H49N7O7. The Hall–Kier alpha value is -4.82. The highest BCUT2D eigenvalue weighted by atomic mass is 16.4. The lowest BCUT2D eigenvalue weighted by Gasteiger charge is -2.25. The highest BCUT2D eigenvalue weighted by molar-refractivity contribution is 5.95. The maximum Gasteiger partial charge on any atom is 0.326 e. The van der Waals surface area contributed by atoms with Gasteiger partial charge in [0.2, 0.25) is 29.5 Å². The van der Waals surface area contributed by atoms with Crippen molar-refractivity contribution in [2.75, 3.05) is 19.6 Å². The molecule has 0 aliphatic carbocycles. The number of hydrogen-bond donors (Lipinski definition) is 8. The Bertz CT molecular complexity index is 1340. The number of nitrogens with one attached hydrogen (secondary N) is 5. The van der Waals surface area contributed by atoms with Gasteiger partial charge in [0, 0.05) is 12.8 Å². The van der Waals surface area contributed by atoms with Crippen molar-refractivity contribution >= 4 is 35.5 Å². The van der Waals surface area contributed by atoms with Crippen molar-refractivity contribution in [2.45, 2.75) is 76.5 Å². The van der Waals surface area contributed by atoms with Gasteiger partial charge in [-0.3, -0.25) is 24.0 Å². The zero-order valence-electron chi connectivity index (χ0n) is 27.6. The van der Waals surface area contributed by atoms with Crippen LogP contribution in [0.3, 0.4) is 0 Å². The van der Waals surface area contributed by atoms with Crippen LogP contribution in [0.2, 0.25) is 0 Å². The Kier molecular flexibility index (Phi) is 17.3. The molecule has 14 heteroatoms. The number of benzene rings is 2. The summed E-state index contributed by atoms with van der Waals surface area (Å²) in [5, 5.41) is 22.6. The van der Waals surface area contributed by atoms with Gasteiger partial charge in [-0.2, -0.15) is 0 Å². The third-order valence-electron chi connectivity index (χ3n) is 7.38. The number of unbranched alkanes of at least 4 members (excludes halogenated alkanes) is 1. The standard InChI is InChI=1S/C34H49N7O7/c1-22(2)17-26(41-33(46)27(38-29(42)20-36)18-23-11-5-3-6-12-23)31(44)37-21-30(43)39-28(19-24-13-7-4-8-14-24)32(45)40-25(34(47)48)15-9-10-16-35/h3-8,11-14,22,25-28H,9-10,15-21,35-36H2,1-2H3,(H,37,44)(H,38,42)(H,39,43)(H,40,45)(H,41,46)(H,47,48)/t25-,26-,27-,28-/m0/s1. The molecular weight excluding hydrogens is 618 g/mol. The van der Waals surface area contributed by atoms with Gasteiger partial charge in [0.1, 0.15) is 24.2 Å². The highest BCUT2D eigenvalue weighted by Crippen LogP contribution is 2.09. The van der Waals surface area contributed by atoms with Gasteiger partial charge >= 0.3 is 5.97 Å². The van der Waals surface area contributed by atoms with E-state index in [9.17, 15) is 33.9 Å². The number of carboxylic acid groups (broad SMARTS) is 1. The molecule has 0 aliphatic rings. The quantitative estimate of drug-likeness (QED) is 0.0818. The highest BCUT2D eigenvalue weighted by Gasteiger charge is 2.29. The fraction of sp³-hybridized carbons (Fsp3) is 0.471. The lowest BCUT2D eigenvalue weighted by molar-refractivity contribution is -0.142. The van der Waals surface area contributed by atoms with Crippen molar-refractivity contribution in [1.29, 1.82) is 0 Å². The number of amides is 5. The molecule has 4 atom stereocenters. The number of hydrogen-bond acceptors (Lipinski definition) is 8. The maximum atomic E-state index is 13.3. The van der Waals surface area contributed by atoms with Crippen LogP contribution in [0.1, 0.15) is 50.7 Å². The third kappa shape index (κ3) is 14.7. The lowest BCUT2D eigenvalue weighted by atomic mass is 10.0. The Labute approximate surface area is 281 Å². The zero-order chi connectivity index (χ0) is 35.5. The number of carbonyl (C=O) groups excluding carboxylic acids is 5. The second-order valence-electron chi connectivity index (χ2n) is 11.9. The zero-order valence-corrected chi connectivity index (χ0v) is 27.6. The first-order valence-corrected chi connectivity index (χ1v) is 16.1. The van der Waals surface area contributed by atoms with Crippen LogP contribution in [0.5, 0.6) is 0 Å². The van der Waals surface area contributed by atoms with E-state index in [0.29, 0.717) is 19.4 Å². The van der Waals surface area contributed by atoms with Crippen molar-refractivity contribution in [3.8, 4) is 0 Å². The van der Waals surface area contributed by atoms with E-state index >= 15 is 0 Å². The number of nitrogens with two attached hydrogens (primary N) is 2. The van der Waals surface area contributed by atoms with Crippen molar-refractivity contribution in [1.82, 2.24) is 26.6 Å². The van der Waals surface area contributed by atoms with Crippen LogP contribution in [-0.4, -0.2) is 84.4 Å². The molecule has 0 aliphatic heterocycles. The second-order valence-corrected chi connectivity index (χ2v) is 11.9. The molecule has 0 heterocycles. The van der Waals surface area contributed by atoms with E-state index in [1.807, 2.05) is 19.9 Å². The molecule has 14 nitrogen and oxygen atoms in total. The molecule has 48 heavy (non-hydrogen) atoms. The largest absolute Gasteiger partial charge is 0.480 e. The van der Waals surface area contributed by atoms with Crippen LogP contribution in [-0.2, 0) is 41.6 Å². The molecule has 0 spiro atoms. The molecule has 5 amide bonds. The van der Waals surface area contributed by atoms with Crippen LogP contribution in [0.25, 0.3) is 0 Å². The van der Waals surface area contributed by atoms with Gasteiger partial charge in [-0.25, -0.2) is 4.79 Å². The summed E-state index contributed by atoms with van der Waals surface area (Å²) in [6.07, 6.45) is 1.74. The maximum absolute atomic E-state index is 13.3. The summed E-state index contributed by atoms with van der Waals surface area (Å²) in [4.78, 5) is 76.7. The molecule has 0 saturated carbocycles. The predicted molar refractivity (Wildman–Crippen MR) is 180 cm³/mol. The van der Waals surface area contributed by atoms with E-state index in [2.05, 4.69) is 26.6 Å². The summed E-state index contributed by atoms with van der Waals surface area (Å²) < 4.78 is 0. The number of rotatable bonds is 21. The number of carbonyl (C=O) groups is 6. The van der Waals surface area contributed by atoms with E-state index < -0.39 is 66.2 Å². The van der Waals surface area contributed by atoms with Gasteiger partial charge in [-0.15, -0.1) is 0 Å². The second kappa shape index (κ2) is 21.1. The van der Waals surface area contributed by atoms with Crippen LogP contribution in [0.15, 0.2) is 60.7 Å². The van der Waals surface area contributed by atoms with Crippen molar-refractivity contribution in [3.05, 3.63) is 71.8 Å². The van der Waals surface area contributed by atoms with Crippen molar-refractivity contribution in [3.63, 3.8) is 0 Å². The van der Waals surface area contributed by atoms with Crippen LogP contribution in [0, 0.1) is 5.92 Å². The summed E-state index contributed by atoms with van der Waals surface area (Å²) in [5.74, 6) is -4.37. The molecule has 0 bridgehead atoms. The lowest BCUT2D eigenvalue weighted by Crippen LogP contribution is -2.57. The normalized spacial score (nSPS) is 13.4. The van der Waals surface area contributed by atoms with Gasteiger partial charge in [0.15, 0.2) is 0 Å². The van der Waals surface area contributed by atoms with Crippen molar-refractivity contribution in [2.24, 2.45) is 17.4 Å². The van der Waals surface area contributed by atoms with Gasteiger partial charge in [-0.05, 0) is 49.3 Å². The molecule has 10 N–H and O–H groups in total. The Morgan fingerprint density at radius 2 is 1.15 bits per heavy atom. The Balaban J connectivity index is 2.12. The molecule has 262 valence electrons. The molecule has 0 radical (unpaired) electrons. The molecule has 2 aromatic carbocycles. The van der Waals surface area contributed by atoms with Gasteiger partial charge in [0.25, 0.3) is 0 Å². The fourth-order valence-electron chi connectivity index (χ4n) is 4.91. The molecule has 0 unspecified atom stereocenters. The van der Waals surface area contributed by atoms with E-state index in [-0.39, 0.29) is 38.1 Å². The topological polar surface area (TPSA) is 235 Å². The van der Waals surface area contributed by atoms with Crippen LogP contribution < -0.4 is 38.1 Å². The monoisotopic (exact) mass is 667 g/mol. The Morgan fingerprint density at radius 1 is 0.646 bits per heavy atom. The molecule has 2 rings (SSSR count). The molecule has 2 aromatic rings. The minimum absolute atomic E-state index is 0.0212. The summed E-state index contributed by atoms with van der Waals surface area (Å²) in [6, 6.07) is 13.6. The van der Waals surface area contributed by atoms with Gasteiger partial charge < -0.3 is 43.2 Å². The van der Waals surface area contributed by atoms with E-state index in [4.69, 9.17) is 11.5 Å². The first kappa shape index (κ1) is 39.4. The molecule has 0 saturated heterocycles. The van der Waals surface area contributed by atoms with E-state index in [0.717, 1.165) is 11.1 Å². The SMILES string of the molecule is CC(C)C[C@H](NC(=O)[C@H](Cc1ccccc1)NC(=O)CN)C(=O)NCC(=O)N[C@@H](Cc1ccccc1)C(=O)N[C@@H](CCCCN)C(=O)O. The summed E-state index contributed by atoms with van der Waals surface area (Å²) >= 11 is 0. The molecule has 0 fully saturated rings. The average Bonchev–Trinajstić information content (AvgIpc) is 3.06. The minimum atomic E-state index is -1.20. The first-order valence-electron chi connectivity index (χ1n) is 16.1. The first-order chi connectivity index (χ1) is 22.9. The fourth-order valence-corrected chi connectivity index (χ4v) is 4.91. The van der Waals surface area contributed by atoms with Gasteiger partial charge in [0.05, 0.1) is 13.1 Å². The molecule has 0 aromatic heterocycles. The number of carboxylic acids is 1. The smallest absolute Gasteiger partial charge is 0.326 e. The summed E-state index contributed by atoms with van der Waals surface area (Å²) in [5.41, 5.74) is 12.5. The van der Waals surface area contributed by atoms with Gasteiger partial charge in [-0.1, -0.05) is 74.5 Å².